The summed E-state index contributed by atoms with van der Waals surface area (Å²) < 4.78 is 0. The maximum atomic E-state index is 4.50. The fourth-order valence-corrected chi connectivity index (χ4v) is 2.67. The van der Waals surface area contributed by atoms with Crippen molar-refractivity contribution in [1.82, 2.24) is 9.97 Å². The second kappa shape index (κ2) is 5.33. The van der Waals surface area contributed by atoms with Gasteiger partial charge in [0, 0.05) is 24.2 Å². The molecule has 1 aromatic carbocycles. The Labute approximate surface area is 116 Å². The van der Waals surface area contributed by atoms with Gasteiger partial charge in [-0.05, 0) is 35.7 Å². The second-order valence-electron chi connectivity index (χ2n) is 4.47. The van der Waals surface area contributed by atoms with Gasteiger partial charge in [-0.15, -0.1) is 11.3 Å². The molecule has 0 aliphatic carbocycles. The molecule has 0 aliphatic heterocycles. The first-order valence-electron chi connectivity index (χ1n) is 6.21. The first kappa shape index (κ1) is 12.1. The number of rotatable bonds is 3. The molecule has 0 fully saturated rings. The third-order valence-electron chi connectivity index (χ3n) is 3.02. The van der Waals surface area contributed by atoms with Crippen molar-refractivity contribution < 1.29 is 0 Å². The zero-order valence-corrected chi connectivity index (χ0v) is 11.5. The molecule has 0 spiro atoms. The summed E-state index contributed by atoms with van der Waals surface area (Å²) in [6, 6.07) is 12.7. The van der Waals surface area contributed by atoms with Gasteiger partial charge in [0.25, 0.3) is 0 Å². The van der Waals surface area contributed by atoms with E-state index in [1.54, 1.807) is 11.3 Å². The third kappa shape index (κ3) is 2.88. The van der Waals surface area contributed by atoms with Crippen LogP contribution in [0.3, 0.4) is 0 Å². The van der Waals surface area contributed by atoms with Crippen LogP contribution < -0.4 is 0 Å². The van der Waals surface area contributed by atoms with E-state index in [9.17, 15) is 0 Å². The number of hydrogen-bond acceptors (Lipinski definition) is 3. The van der Waals surface area contributed by atoms with Gasteiger partial charge < -0.3 is 0 Å². The Morgan fingerprint density at radius 3 is 2.26 bits per heavy atom. The quantitative estimate of drug-likeness (QED) is 0.713. The molecule has 0 radical (unpaired) electrons. The summed E-state index contributed by atoms with van der Waals surface area (Å²) in [6.07, 6.45) is 4.55. The van der Waals surface area contributed by atoms with Crippen LogP contribution in [0, 0.1) is 6.92 Å². The van der Waals surface area contributed by atoms with Crippen molar-refractivity contribution in [3.63, 3.8) is 0 Å². The minimum atomic E-state index is 0.904. The molecule has 0 saturated heterocycles. The van der Waals surface area contributed by atoms with E-state index in [1.807, 2.05) is 31.5 Å². The Hall–Kier alpha value is -2.00. The molecule has 94 valence electrons. The molecule has 2 heterocycles. The Bertz CT molecular complexity index is 657. The van der Waals surface area contributed by atoms with Crippen molar-refractivity contribution in [2.45, 2.75) is 13.3 Å². The lowest BCUT2D eigenvalue weighted by Crippen LogP contribution is -1.88. The Morgan fingerprint density at radius 2 is 1.63 bits per heavy atom. The molecule has 0 amide bonds. The van der Waals surface area contributed by atoms with Crippen molar-refractivity contribution in [3.05, 3.63) is 70.4 Å². The molecule has 0 saturated carbocycles. The van der Waals surface area contributed by atoms with Crippen LogP contribution in [-0.2, 0) is 6.42 Å². The average Bonchev–Trinajstić information content (AvgIpc) is 2.86. The number of aryl methyl sites for hydroxylation is 1. The predicted octanol–water partition coefficient (Wildman–Crippen LogP) is 4.10. The minimum Gasteiger partial charge on any atom is -0.265 e. The first-order chi connectivity index (χ1) is 9.31. The molecule has 0 atom stereocenters. The van der Waals surface area contributed by atoms with Crippen molar-refractivity contribution in [1.29, 1.82) is 0 Å². The molecule has 2 nitrogen and oxygen atoms in total. The molecule has 3 aromatic rings. The Kier molecular flexibility index (Phi) is 3.38. The topological polar surface area (TPSA) is 25.8 Å². The number of hydrogen-bond donors (Lipinski definition) is 0. The molecule has 0 bridgehead atoms. The highest BCUT2D eigenvalue weighted by Gasteiger charge is 2.01. The van der Waals surface area contributed by atoms with Crippen molar-refractivity contribution in [3.8, 4) is 11.1 Å². The molecule has 3 rings (SSSR count). The number of aromatic nitrogens is 2. The summed E-state index contributed by atoms with van der Waals surface area (Å²) >= 11 is 1.71. The molecular weight excluding hydrogens is 252 g/mol. The zero-order valence-electron chi connectivity index (χ0n) is 10.7. The normalized spacial score (nSPS) is 10.6. The first-order valence-corrected chi connectivity index (χ1v) is 7.09. The van der Waals surface area contributed by atoms with Crippen molar-refractivity contribution >= 4 is 11.3 Å². The fourth-order valence-electron chi connectivity index (χ4n) is 2.06. The number of pyridine rings is 1. The van der Waals surface area contributed by atoms with Gasteiger partial charge in [-0.1, -0.05) is 24.3 Å². The maximum absolute atomic E-state index is 4.50. The molecule has 19 heavy (non-hydrogen) atoms. The van der Waals surface area contributed by atoms with Crippen LogP contribution in [0.15, 0.2) is 54.2 Å². The zero-order chi connectivity index (χ0) is 13.1. The molecule has 2 aromatic heterocycles. The van der Waals surface area contributed by atoms with Crippen LogP contribution in [0.4, 0.5) is 0 Å². The van der Waals surface area contributed by atoms with E-state index in [2.05, 4.69) is 39.6 Å². The second-order valence-corrected chi connectivity index (χ2v) is 5.53. The van der Waals surface area contributed by atoms with E-state index in [-0.39, 0.29) is 0 Å². The van der Waals surface area contributed by atoms with Crippen LogP contribution in [0.5, 0.6) is 0 Å². The Balaban J connectivity index is 1.79. The molecule has 3 heteroatoms. The lowest BCUT2D eigenvalue weighted by Gasteiger charge is -2.03. The van der Waals surface area contributed by atoms with Gasteiger partial charge in [-0.25, -0.2) is 4.98 Å². The summed E-state index contributed by atoms with van der Waals surface area (Å²) in [5.41, 5.74) is 4.87. The predicted molar refractivity (Wildman–Crippen MR) is 79.3 cm³/mol. The van der Waals surface area contributed by atoms with Crippen LogP contribution in [0.2, 0.25) is 0 Å². The highest BCUT2D eigenvalue weighted by Crippen LogP contribution is 2.20. The average molecular weight is 266 g/mol. The lowest BCUT2D eigenvalue weighted by molar-refractivity contribution is 1.08. The smallest absolute Gasteiger partial charge is 0.0897 e. The van der Waals surface area contributed by atoms with Crippen molar-refractivity contribution in [2.24, 2.45) is 0 Å². The van der Waals surface area contributed by atoms with Gasteiger partial charge in [0.2, 0.25) is 0 Å². The van der Waals surface area contributed by atoms with Crippen molar-refractivity contribution in [2.75, 3.05) is 0 Å². The molecule has 0 unspecified atom stereocenters. The summed E-state index contributed by atoms with van der Waals surface area (Å²) in [5, 5.41) is 3.26. The summed E-state index contributed by atoms with van der Waals surface area (Å²) in [6.45, 7) is 2.04. The lowest BCUT2D eigenvalue weighted by atomic mass is 10.0. The molecular formula is C16H14N2S. The van der Waals surface area contributed by atoms with E-state index < -0.39 is 0 Å². The van der Waals surface area contributed by atoms with E-state index >= 15 is 0 Å². The highest BCUT2D eigenvalue weighted by atomic mass is 32.1. The standard InChI is InChI=1S/C16H14N2S/c1-12-18-16(11-19-12)10-13-2-4-14(5-3-13)15-6-8-17-9-7-15/h2-9,11H,10H2,1H3. The largest absolute Gasteiger partial charge is 0.265 e. The van der Waals surface area contributed by atoms with E-state index in [0.717, 1.165) is 17.1 Å². The summed E-state index contributed by atoms with van der Waals surface area (Å²) in [7, 11) is 0. The van der Waals surface area contributed by atoms with Gasteiger partial charge in [0.05, 0.1) is 10.7 Å². The van der Waals surface area contributed by atoms with E-state index in [4.69, 9.17) is 0 Å². The van der Waals surface area contributed by atoms with Gasteiger partial charge in [0.15, 0.2) is 0 Å². The maximum Gasteiger partial charge on any atom is 0.0897 e. The van der Waals surface area contributed by atoms with Gasteiger partial charge in [0.1, 0.15) is 0 Å². The minimum absolute atomic E-state index is 0.904. The highest BCUT2D eigenvalue weighted by molar-refractivity contribution is 7.09. The van der Waals surface area contributed by atoms with Crippen LogP contribution >= 0.6 is 11.3 Å². The van der Waals surface area contributed by atoms with Gasteiger partial charge in [-0.2, -0.15) is 0 Å². The number of benzene rings is 1. The monoisotopic (exact) mass is 266 g/mol. The van der Waals surface area contributed by atoms with Gasteiger partial charge in [-0.3, -0.25) is 4.98 Å². The fraction of sp³-hybridized carbons (Fsp3) is 0.125. The number of nitrogens with zero attached hydrogens (tertiary/aromatic N) is 2. The summed E-state index contributed by atoms with van der Waals surface area (Å²) in [5.74, 6) is 0. The van der Waals surface area contributed by atoms with Gasteiger partial charge >= 0.3 is 0 Å². The van der Waals surface area contributed by atoms with E-state index in [0.29, 0.717) is 0 Å². The Morgan fingerprint density at radius 1 is 0.947 bits per heavy atom. The molecule has 0 aliphatic rings. The van der Waals surface area contributed by atoms with E-state index in [1.165, 1.54) is 16.7 Å². The third-order valence-corrected chi connectivity index (χ3v) is 3.84. The number of thiazole rings is 1. The van der Waals surface area contributed by atoms with Crippen LogP contribution in [0.25, 0.3) is 11.1 Å². The van der Waals surface area contributed by atoms with Crippen LogP contribution in [-0.4, -0.2) is 9.97 Å². The summed E-state index contributed by atoms with van der Waals surface area (Å²) in [4.78, 5) is 8.54. The van der Waals surface area contributed by atoms with Crippen LogP contribution in [0.1, 0.15) is 16.3 Å². The molecule has 0 N–H and O–H groups in total. The SMILES string of the molecule is Cc1nc(Cc2ccc(-c3ccncc3)cc2)cs1.